The fourth-order valence-corrected chi connectivity index (χ4v) is 4.76. The van der Waals surface area contributed by atoms with E-state index in [1.165, 1.54) is 12.5 Å². The number of amides is 2. The van der Waals surface area contributed by atoms with E-state index >= 15 is 0 Å². The molecule has 7 heteroatoms. The van der Waals surface area contributed by atoms with Crippen LogP contribution in [0.5, 0.6) is 0 Å². The summed E-state index contributed by atoms with van der Waals surface area (Å²) in [4.78, 5) is 32.2. The Kier molecular flexibility index (Phi) is 6.11. The van der Waals surface area contributed by atoms with Crippen molar-refractivity contribution in [1.82, 2.24) is 4.90 Å². The fourth-order valence-electron chi connectivity index (χ4n) is 4.76. The number of rotatable bonds is 5. The largest absolute Gasteiger partial charge is 0.472 e. The van der Waals surface area contributed by atoms with E-state index in [0.717, 1.165) is 55.2 Å². The van der Waals surface area contributed by atoms with Gasteiger partial charge < -0.3 is 19.5 Å². The molecule has 3 aromatic rings. The summed E-state index contributed by atoms with van der Waals surface area (Å²) in [7, 11) is 0. The van der Waals surface area contributed by atoms with E-state index in [2.05, 4.69) is 29.0 Å². The third-order valence-electron chi connectivity index (χ3n) is 6.79. The van der Waals surface area contributed by atoms with Crippen LogP contribution in [0.3, 0.4) is 0 Å². The molecule has 34 heavy (non-hydrogen) atoms. The lowest BCUT2D eigenvalue weighted by Gasteiger charge is -2.38. The number of piperazine rings is 1. The van der Waals surface area contributed by atoms with Gasteiger partial charge in [0.2, 0.25) is 0 Å². The molecular formula is C27H30N4O3. The second-order valence-corrected chi connectivity index (χ2v) is 9.18. The van der Waals surface area contributed by atoms with Crippen molar-refractivity contribution in [1.29, 1.82) is 0 Å². The Labute approximate surface area is 199 Å². The SMILES string of the molecule is CC(C)N1CCN(c2ccc(C(=O)Nc3ccc4c(c3)CCN4C(=O)c3ccoc3)cc2)CC1. The third-order valence-corrected chi connectivity index (χ3v) is 6.79. The molecule has 0 aliphatic carbocycles. The fraction of sp³-hybridized carbons (Fsp3) is 0.333. The van der Waals surface area contributed by atoms with Crippen molar-refractivity contribution in [2.75, 3.05) is 47.8 Å². The second kappa shape index (κ2) is 9.35. The normalized spacial score (nSPS) is 16.1. The molecule has 176 valence electrons. The summed E-state index contributed by atoms with van der Waals surface area (Å²) in [6.07, 6.45) is 3.72. The molecule has 1 fully saturated rings. The first-order valence-electron chi connectivity index (χ1n) is 11.9. The lowest BCUT2D eigenvalue weighted by molar-refractivity contribution is 0.0987. The zero-order chi connectivity index (χ0) is 23.7. The Morgan fingerprint density at radius 3 is 2.35 bits per heavy atom. The summed E-state index contributed by atoms with van der Waals surface area (Å²) in [6.45, 7) is 9.20. The summed E-state index contributed by atoms with van der Waals surface area (Å²) in [6, 6.07) is 15.8. The maximum Gasteiger partial charge on any atom is 0.261 e. The van der Waals surface area contributed by atoms with Crippen molar-refractivity contribution in [3.63, 3.8) is 0 Å². The predicted octanol–water partition coefficient (Wildman–Crippen LogP) is 4.27. The van der Waals surface area contributed by atoms with Crippen molar-refractivity contribution < 1.29 is 14.0 Å². The number of benzene rings is 2. The molecule has 0 spiro atoms. The van der Waals surface area contributed by atoms with Gasteiger partial charge in [-0.3, -0.25) is 14.5 Å². The molecule has 2 aromatic carbocycles. The maximum atomic E-state index is 12.8. The van der Waals surface area contributed by atoms with Crippen LogP contribution in [0.4, 0.5) is 17.1 Å². The van der Waals surface area contributed by atoms with Gasteiger partial charge in [0.05, 0.1) is 11.8 Å². The molecule has 1 aromatic heterocycles. The minimum absolute atomic E-state index is 0.0741. The van der Waals surface area contributed by atoms with E-state index in [1.807, 2.05) is 42.5 Å². The number of carbonyl (C=O) groups is 2. The number of carbonyl (C=O) groups excluding carboxylic acids is 2. The van der Waals surface area contributed by atoms with Crippen LogP contribution in [-0.4, -0.2) is 55.5 Å². The molecule has 0 bridgehead atoms. The second-order valence-electron chi connectivity index (χ2n) is 9.18. The highest BCUT2D eigenvalue weighted by Crippen LogP contribution is 2.32. The molecule has 0 radical (unpaired) electrons. The molecule has 1 N–H and O–H groups in total. The van der Waals surface area contributed by atoms with E-state index in [-0.39, 0.29) is 11.8 Å². The molecule has 3 heterocycles. The first kappa shape index (κ1) is 22.2. The summed E-state index contributed by atoms with van der Waals surface area (Å²) >= 11 is 0. The predicted molar refractivity (Wildman–Crippen MR) is 134 cm³/mol. The first-order valence-corrected chi connectivity index (χ1v) is 11.9. The Bertz CT molecular complexity index is 1160. The van der Waals surface area contributed by atoms with Crippen LogP contribution in [0, 0.1) is 0 Å². The third kappa shape index (κ3) is 4.43. The summed E-state index contributed by atoms with van der Waals surface area (Å²) < 4.78 is 5.04. The number of anilines is 3. The number of nitrogens with one attached hydrogen (secondary N) is 1. The molecule has 0 saturated carbocycles. The van der Waals surface area contributed by atoms with Crippen LogP contribution in [0.15, 0.2) is 65.5 Å². The molecule has 0 unspecified atom stereocenters. The van der Waals surface area contributed by atoms with Crippen molar-refractivity contribution in [2.24, 2.45) is 0 Å². The Morgan fingerprint density at radius 1 is 0.912 bits per heavy atom. The molecule has 2 aliphatic rings. The van der Waals surface area contributed by atoms with Crippen molar-refractivity contribution in [3.05, 3.63) is 77.7 Å². The van der Waals surface area contributed by atoms with Gasteiger partial charge in [-0.05, 0) is 74.4 Å². The van der Waals surface area contributed by atoms with Crippen molar-refractivity contribution >= 4 is 28.9 Å². The number of nitrogens with zero attached hydrogens (tertiary/aromatic N) is 3. The lowest BCUT2D eigenvalue weighted by atomic mass is 10.1. The van der Waals surface area contributed by atoms with Gasteiger partial charge in [0.25, 0.3) is 11.8 Å². The molecule has 0 atom stereocenters. The van der Waals surface area contributed by atoms with Gasteiger partial charge in [-0.1, -0.05) is 0 Å². The molecule has 1 saturated heterocycles. The molecular weight excluding hydrogens is 428 g/mol. The van der Waals surface area contributed by atoms with Gasteiger partial charge in [-0.25, -0.2) is 0 Å². The van der Waals surface area contributed by atoms with Gasteiger partial charge in [-0.2, -0.15) is 0 Å². The maximum absolute atomic E-state index is 12.8. The minimum Gasteiger partial charge on any atom is -0.472 e. The van der Waals surface area contributed by atoms with Crippen molar-refractivity contribution in [2.45, 2.75) is 26.3 Å². The first-order chi connectivity index (χ1) is 16.5. The van der Waals surface area contributed by atoms with Crippen molar-refractivity contribution in [3.8, 4) is 0 Å². The number of hydrogen-bond donors (Lipinski definition) is 1. The highest BCUT2D eigenvalue weighted by Gasteiger charge is 2.26. The van der Waals surface area contributed by atoms with E-state index < -0.39 is 0 Å². The van der Waals surface area contributed by atoms with Crippen LogP contribution < -0.4 is 15.1 Å². The van der Waals surface area contributed by atoms with E-state index in [9.17, 15) is 9.59 Å². The number of furan rings is 1. The zero-order valence-electron chi connectivity index (χ0n) is 19.7. The lowest BCUT2D eigenvalue weighted by Crippen LogP contribution is -2.48. The van der Waals surface area contributed by atoms with Crippen LogP contribution >= 0.6 is 0 Å². The van der Waals surface area contributed by atoms with Crippen LogP contribution in [0.1, 0.15) is 40.1 Å². The standard InChI is InChI=1S/C27H30N4O3/c1-19(2)29-12-14-30(15-13-29)24-6-3-20(4-7-24)26(32)28-23-5-8-25-21(17-23)9-11-31(25)27(33)22-10-16-34-18-22/h3-8,10,16-19H,9,11-15H2,1-2H3,(H,28,32). The Morgan fingerprint density at radius 2 is 1.68 bits per heavy atom. The Balaban J connectivity index is 1.22. The average molecular weight is 459 g/mol. The zero-order valence-corrected chi connectivity index (χ0v) is 19.7. The van der Waals surface area contributed by atoms with E-state index in [1.54, 1.807) is 11.0 Å². The highest BCUT2D eigenvalue weighted by atomic mass is 16.3. The topological polar surface area (TPSA) is 69.0 Å². The van der Waals surface area contributed by atoms with Gasteiger partial charge in [-0.15, -0.1) is 0 Å². The smallest absolute Gasteiger partial charge is 0.261 e. The number of hydrogen-bond acceptors (Lipinski definition) is 5. The van der Waals surface area contributed by atoms with Crippen LogP contribution in [-0.2, 0) is 6.42 Å². The summed E-state index contributed by atoms with van der Waals surface area (Å²) in [5.74, 6) is -0.213. The summed E-state index contributed by atoms with van der Waals surface area (Å²) in [5, 5.41) is 3.00. The molecule has 5 rings (SSSR count). The van der Waals surface area contributed by atoms with Gasteiger partial charge in [0.1, 0.15) is 6.26 Å². The number of fused-ring (bicyclic) bond motifs is 1. The van der Waals surface area contributed by atoms with Gasteiger partial charge >= 0.3 is 0 Å². The quantitative estimate of drug-likeness (QED) is 0.619. The molecule has 7 nitrogen and oxygen atoms in total. The summed E-state index contributed by atoms with van der Waals surface area (Å²) in [5.41, 5.74) is 4.98. The van der Waals surface area contributed by atoms with E-state index in [0.29, 0.717) is 23.7 Å². The monoisotopic (exact) mass is 458 g/mol. The highest BCUT2D eigenvalue weighted by molar-refractivity contribution is 6.08. The average Bonchev–Trinajstić information content (AvgIpc) is 3.54. The van der Waals surface area contributed by atoms with Gasteiger partial charge in [0, 0.05) is 61.4 Å². The van der Waals surface area contributed by atoms with Crippen LogP contribution in [0.25, 0.3) is 0 Å². The van der Waals surface area contributed by atoms with E-state index in [4.69, 9.17) is 4.42 Å². The Hall–Kier alpha value is -3.58. The minimum atomic E-state index is -0.138. The van der Waals surface area contributed by atoms with Gasteiger partial charge in [0.15, 0.2) is 0 Å². The molecule has 2 aliphatic heterocycles. The molecule has 2 amide bonds. The van der Waals surface area contributed by atoms with Crippen LogP contribution in [0.2, 0.25) is 0 Å².